The second-order valence-electron chi connectivity index (χ2n) is 3.45. The monoisotopic (exact) mass is 184 g/mol. The molecular formula is C12H24O. The van der Waals surface area contributed by atoms with E-state index in [-0.39, 0.29) is 0 Å². The van der Waals surface area contributed by atoms with E-state index in [0.717, 1.165) is 13.0 Å². The van der Waals surface area contributed by atoms with Gasteiger partial charge in [0.25, 0.3) is 0 Å². The van der Waals surface area contributed by atoms with Gasteiger partial charge in [0.2, 0.25) is 0 Å². The van der Waals surface area contributed by atoms with Gasteiger partial charge in [-0.2, -0.15) is 0 Å². The molecule has 0 aromatic heterocycles. The summed E-state index contributed by atoms with van der Waals surface area (Å²) < 4.78 is 5.35. The van der Waals surface area contributed by atoms with Gasteiger partial charge in [0.1, 0.15) is 0 Å². The van der Waals surface area contributed by atoms with Crippen LogP contribution in [0.3, 0.4) is 0 Å². The Hall–Kier alpha value is -0.460. The van der Waals surface area contributed by atoms with Gasteiger partial charge >= 0.3 is 0 Å². The minimum Gasteiger partial charge on any atom is -0.502 e. The average molecular weight is 184 g/mol. The molecule has 0 radical (unpaired) electrons. The van der Waals surface area contributed by atoms with Crippen LogP contribution in [-0.4, -0.2) is 6.61 Å². The molecule has 0 unspecified atom stereocenters. The average Bonchev–Trinajstić information content (AvgIpc) is 2.16. The van der Waals surface area contributed by atoms with Crippen LogP contribution in [0, 0.1) is 0 Å². The maximum atomic E-state index is 5.35. The highest BCUT2D eigenvalue weighted by Crippen LogP contribution is 1.99. The molecule has 0 aromatic rings. The molecule has 0 saturated carbocycles. The van der Waals surface area contributed by atoms with Crippen LogP contribution in [-0.2, 0) is 4.74 Å². The maximum Gasteiger partial charge on any atom is 0.0873 e. The van der Waals surface area contributed by atoms with Crippen molar-refractivity contribution in [1.29, 1.82) is 0 Å². The molecule has 1 heteroatoms. The molecule has 0 saturated heterocycles. The number of rotatable bonds is 9. The number of unbranched alkanes of at least 4 members (excludes halogenated alkanes) is 5. The van der Waals surface area contributed by atoms with Crippen LogP contribution in [0.25, 0.3) is 0 Å². The maximum absolute atomic E-state index is 5.35. The standard InChI is InChI=1S/C12H24O/c1-3-5-7-9-11-13-12-10-8-6-4-2/h9,11H,3-8,10,12H2,1-2H3. The van der Waals surface area contributed by atoms with Crippen LogP contribution in [0.2, 0.25) is 0 Å². The molecule has 0 amide bonds. The highest BCUT2D eigenvalue weighted by Gasteiger charge is 1.85. The topological polar surface area (TPSA) is 9.23 Å². The Morgan fingerprint density at radius 1 is 0.923 bits per heavy atom. The molecule has 0 N–H and O–H groups in total. The van der Waals surface area contributed by atoms with E-state index in [9.17, 15) is 0 Å². The van der Waals surface area contributed by atoms with E-state index in [1.54, 1.807) is 0 Å². The quantitative estimate of drug-likeness (QED) is 0.384. The molecule has 1 nitrogen and oxygen atoms in total. The molecule has 0 bridgehead atoms. The van der Waals surface area contributed by atoms with Gasteiger partial charge in [-0.3, -0.25) is 0 Å². The Labute approximate surface area is 83.2 Å². The van der Waals surface area contributed by atoms with Crippen LogP contribution in [0.4, 0.5) is 0 Å². The van der Waals surface area contributed by atoms with Gasteiger partial charge in [-0.15, -0.1) is 0 Å². The molecule has 0 aliphatic carbocycles. The fraction of sp³-hybridized carbons (Fsp3) is 0.833. The molecule has 0 heterocycles. The lowest BCUT2D eigenvalue weighted by Crippen LogP contribution is -1.87. The highest BCUT2D eigenvalue weighted by molar-refractivity contribution is 4.72. The molecule has 0 aliphatic rings. The van der Waals surface area contributed by atoms with Crippen LogP contribution in [0.15, 0.2) is 12.3 Å². The van der Waals surface area contributed by atoms with Crippen LogP contribution >= 0.6 is 0 Å². The lowest BCUT2D eigenvalue weighted by Gasteiger charge is -1.99. The molecule has 0 spiro atoms. The Bertz CT molecular complexity index is 108. The van der Waals surface area contributed by atoms with Crippen molar-refractivity contribution < 1.29 is 4.74 Å². The van der Waals surface area contributed by atoms with Gasteiger partial charge in [0.15, 0.2) is 0 Å². The molecule has 0 aromatic carbocycles. The van der Waals surface area contributed by atoms with Crippen molar-refractivity contribution in [2.24, 2.45) is 0 Å². The summed E-state index contributed by atoms with van der Waals surface area (Å²) in [7, 11) is 0. The first-order valence-electron chi connectivity index (χ1n) is 5.68. The van der Waals surface area contributed by atoms with E-state index in [1.165, 1.54) is 38.5 Å². The molecular weight excluding hydrogens is 160 g/mol. The number of hydrogen-bond acceptors (Lipinski definition) is 1. The summed E-state index contributed by atoms with van der Waals surface area (Å²) in [5.74, 6) is 0. The van der Waals surface area contributed by atoms with Gasteiger partial charge in [0.05, 0.1) is 12.9 Å². The third kappa shape index (κ3) is 11.5. The molecule has 13 heavy (non-hydrogen) atoms. The van der Waals surface area contributed by atoms with Gasteiger partial charge in [-0.25, -0.2) is 0 Å². The summed E-state index contributed by atoms with van der Waals surface area (Å²) in [6.45, 7) is 5.33. The van der Waals surface area contributed by atoms with Crippen LogP contribution in [0.5, 0.6) is 0 Å². The van der Waals surface area contributed by atoms with E-state index in [2.05, 4.69) is 19.9 Å². The van der Waals surface area contributed by atoms with E-state index in [0.29, 0.717) is 0 Å². The number of ether oxygens (including phenoxy) is 1. The van der Waals surface area contributed by atoms with E-state index in [1.807, 2.05) is 6.26 Å². The fourth-order valence-corrected chi connectivity index (χ4v) is 1.14. The molecule has 78 valence electrons. The van der Waals surface area contributed by atoms with Crippen molar-refractivity contribution in [3.8, 4) is 0 Å². The van der Waals surface area contributed by atoms with Crippen molar-refractivity contribution in [3.05, 3.63) is 12.3 Å². The Balaban J connectivity index is 2.93. The zero-order valence-corrected chi connectivity index (χ0v) is 9.22. The summed E-state index contributed by atoms with van der Waals surface area (Å²) in [6, 6.07) is 0. The van der Waals surface area contributed by atoms with Gasteiger partial charge in [-0.1, -0.05) is 39.5 Å². The normalized spacial score (nSPS) is 10.9. The zero-order valence-electron chi connectivity index (χ0n) is 9.22. The Morgan fingerprint density at radius 2 is 1.69 bits per heavy atom. The largest absolute Gasteiger partial charge is 0.502 e. The third-order valence-corrected chi connectivity index (χ3v) is 2.03. The minimum absolute atomic E-state index is 0.891. The van der Waals surface area contributed by atoms with Gasteiger partial charge in [0, 0.05) is 0 Å². The van der Waals surface area contributed by atoms with Crippen molar-refractivity contribution in [1.82, 2.24) is 0 Å². The number of allylic oxidation sites excluding steroid dienone is 1. The molecule has 0 rings (SSSR count). The van der Waals surface area contributed by atoms with Crippen molar-refractivity contribution >= 4 is 0 Å². The molecule has 0 aliphatic heterocycles. The van der Waals surface area contributed by atoms with Gasteiger partial charge in [-0.05, 0) is 25.3 Å². The molecule has 0 atom stereocenters. The molecule has 0 fully saturated rings. The third-order valence-electron chi connectivity index (χ3n) is 2.03. The second-order valence-corrected chi connectivity index (χ2v) is 3.45. The summed E-state index contributed by atoms with van der Waals surface area (Å²) in [6.07, 6.45) is 12.8. The summed E-state index contributed by atoms with van der Waals surface area (Å²) in [4.78, 5) is 0. The van der Waals surface area contributed by atoms with Crippen molar-refractivity contribution in [2.45, 2.75) is 58.8 Å². The fourth-order valence-electron chi connectivity index (χ4n) is 1.14. The summed E-state index contributed by atoms with van der Waals surface area (Å²) in [5.41, 5.74) is 0. The van der Waals surface area contributed by atoms with Gasteiger partial charge < -0.3 is 4.74 Å². The second kappa shape index (κ2) is 11.5. The summed E-state index contributed by atoms with van der Waals surface area (Å²) >= 11 is 0. The lowest BCUT2D eigenvalue weighted by molar-refractivity contribution is 0.239. The van der Waals surface area contributed by atoms with Crippen LogP contribution in [0.1, 0.15) is 58.8 Å². The van der Waals surface area contributed by atoms with E-state index in [4.69, 9.17) is 4.74 Å². The van der Waals surface area contributed by atoms with E-state index >= 15 is 0 Å². The minimum atomic E-state index is 0.891. The Morgan fingerprint density at radius 3 is 2.38 bits per heavy atom. The number of hydrogen-bond donors (Lipinski definition) is 0. The van der Waals surface area contributed by atoms with Crippen molar-refractivity contribution in [2.75, 3.05) is 6.61 Å². The predicted octanol–water partition coefficient (Wildman–Crippen LogP) is 4.29. The SMILES string of the molecule is CCCCC=COCCCCCC. The van der Waals surface area contributed by atoms with Crippen LogP contribution < -0.4 is 0 Å². The first-order chi connectivity index (χ1) is 6.41. The predicted molar refractivity (Wildman–Crippen MR) is 58.8 cm³/mol. The Kier molecular flexibility index (Phi) is 11.1. The van der Waals surface area contributed by atoms with Crippen molar-refractivity contribution in [3.63, 3.8) is 0 Å². The zero-order chi connectivity index (χ0) is 9.78. The summed E-state index contributed by atoms with van der Waals surface area (Å²) in [5, 5.41) is 0. The van der Waals surface area contributed by atoms with E-state index < -0.39 is 0 Å². The first-order valence-corrected chi connectivity index (χ1v) is 5.68. The lowest BCUT2D eigenvalue weighted by atomic mass is 10.2. The highest BCUT2D eigenvalue weighted by atomic mass is 16.5. The smallest absolute Gasteiger partial charge is 0.0873 e. The first kappa shape index (κ1) is 12.5.